The van der Waals surface area contributed by atoms with Gasteiger partial charge in [0.1, 0.15) is 5.75 Å². The predicted molar refractivity (Wildman–Crippen MR) is 99.0 cm³/mol. The van der Waals surface area contributed by atoms with Crippen molar-refractivity contribution in [2.75, 3.05) is 11.9 Å². The van der Waals surface area contributed by atoms with Crippen LogP contribution in [0.1, 0.15) is 29.8 Å². The van der Waals surface area contributed by atoms with E-state index in [1.807, 2.05) is 0 Å². The Labute approximate surface area is 156 Å². The van der Waals surface area contributed by atoms with Gasteiger partial charge in [0.05, 0.1) is 16.6 Å². The van der Waals surface area contributed by atoms with Crippen molar-refractivity contribution in [3.8, 4) is 5.75 Å². The molecule has 2 aromatic rings. The number of carbonyl (C=O) groups is 2. The third-order valence-corrected chi connectivity index (χ3v) is 3.48. The maximum Gasteiger partial charge on any atom is 0.338 e. The van der Waals surface area contributed by atoms with Crippen molar-refractivity contribution in [2.24, 2.45) is 0 Å². The Morgan fingerprint density at radius 2 is 1.81 bits per heavy atom. The Balaban J connectivity index is 1.90. The first-order chi connectivity index (χ1) is 12.8. The van der Waals surface area contributed by atoms with Crippen LogP contribution in [-0.2, 0) is 9.53 Å². The Kier molecular flexibility index (Phi) is 6.48. The molecule has 8 heteroatoms. The zero-order valence-electron chi connectivity index (χ0n) is 15.2. The summed E-state index contributed by atoms with van der Waals surface area (Å²) in [5.74, 6) is -0.437. The van der Waals surface area contributed by atoms with Crippen molar-refractivity contribution in [1.82, 2.24) is 0 Å². The first-order valence-electron chi connectivity index (χ1n) is 8.25. The summed E-state index contributed by atoms with van der Waals surface area (Å²) in [4.78, 5) is 34.0. The van der Waals surface area contributed by atoms with E-state index in [0.29, 0.717) is 22.6 Å². The molecule has 1 amide bonds. The van der Waals surface area contributed by atoms with Gasteiger partial charge in [0.2, 0.25) is 0 Å². The number of non-ortho nitro benzene ring substituents is 1. The lowest BCUT2D eigenvalue weighted by atomic mass is 10.2. The van der Waals surface area contributed by atoms with Crippen molar-refractivity contribution < 1.29 is 24.0 Å². The SMILES string of the molecule is Cc1cc([N+](=O)[O-])ccc1OCC(=O)Nc1ccc(C(=O)OC(C)C)cc1. The monoisotopic (exact) mass is 372 g/mol. The Hall–Kier alpha value is -3.42. The topological polar surface area (TPSA) is 108 Å². The van der Waals surface area contributed by atoms with Gasteiger partial charge in [-0.05, 0) is 56.7 Å². The highest BCUT2D eigenvalue weighted by atomic mass is 16.6. The number of amides is 1. The molecule has 0 saturated heterocycles. The number of esters is 1. The zero-order chi connectivity index (χ0) is 20.0. The quantitative estimate of drug-likeness (QED) is 0.453. The number of aryl methyl sites for hydroxylation is 1. The van der Waals surface area contributed by atoms with Gasteiger partial charge in [0.15, 0.2) is 6.61 Å². The van der Waals surface area contributed by atoms with E-state index in [9.17, 15) is 19.7 Å². The molecular weight excluding hydrogens is 352 g/mol. The van der Waals surface area contributed by atoms with Crippen LogP contribution in [0.2, 0.25) is 0 Å². The van der Waals surface area contributed by atoms with E-state index in [0.717, 1.165) is 0 Å². The predicted octanol–water partition coefficient (Wildman–Crippen LogP) is 3.49. The number of nitro groups is 1. The van der Waals surface area contributed by atoms with Crippen LogP contribution in [0.25, 0.3) is 0 Å². The molecular formula is C19H20N2O6. The molecule has 0 aliphatic carbocycles. The number of anilines is 1. The van der Waals surface area contributed by atoms with Gasteiger partial charge in [-0.3, -0.25) is 14.9 Å². The number of hydrogen-bond acceptors (Lipinski definition) is 6. The fraction of sp³-hybridized carbons (Fsp3) is 0.263. The molecule has 0 aromatic heterocycles. The van der Waals surface area contributed by atoms with Gasteiger partial charge in [-0.15, -0.1) is 0 Å². The highest BCUT2D eigenvalue weighted by Crippen LogP contribution is 2.23. The van der Waals surface area contributed by atoms with Crippen LogP contribution >= 0.6 is 0 Å². The largest absolute Gasteiger partial charge is 0.483 e. The van der Waals surface area contributed by atoms with Gasteiger partial charge >= 0.3 is 5.97 Å². The van der Waals surface area contributed by atoms with Crippen LogP contribution in [-0.4, -0.2) is 29.5 Å². The molecule has 1 N–H and O–H groups in total. The van der Waals surface area contributed by atoms with Gasteiger partial charge in [-0.2, -0.15) is 0 Å². The Bertz CT molecular complexity index is 846. The average Bonchev–Trinajstić information content (AvgIpc) is 2.60. The summed E-state index contributed by atoms with van der Waals surface area (Å²) in [6.07, 6.45) is -0.211. The fourth-order valence-corrected chi connectivity index (χ4v) is 2.22. The third kappa shape index (κ3) is 5.81. The van der Waals surface area contributed by atoms with Gasteiger partial charge in [-0.25, -0.2) is 4.79 Å². The minimum absolute atomic E-state index is 0.0413. The minimum Gasteiger partial charge on any atom is -0.483 e. The van der Waals surface area contributed by atoms with Gasteiger partial charge < -0.3 is 14.8 Å². The number of carbonyl (C=O) groups excluding carboxylic acids is 2. The second-order valence-corrected chi connectivity index (χ2v) is 6.08. The average molecular weight is 372 g/mol. The zero-order valence-corrected chi connectivity index (χ0v) is 15.2. The number of nitrogens with one attached hydrogen (secondary N) is 1. The summed E-state index contributed by atoms with van der Waals surface area (Å²) in [5.41, 5.74) is 1.41. The number of ether oxygens (including phenoxy) is 2. The number of hydrogen-bond donors (Lipinski definition) is 1. The molecule has 0 heterocycles. The van der Waals surface area contributed by atoms with Crippen LogP contribution in [0.3, 0.4) is 0 Å². The van der Waals surface area contributed by atoms with Gasteiger partial charge in [0.25, 0.3) is 11.6 Å². The molecule has 0 spiro atoms. The molecule has 27 heavy (non-hydrogen) atoms. The molecule has 0 saturated carbocycles. The molecule has 0 aliphatic heterocycles. The molecule has 8 nitrogen and oxygen atoms in total. The molecule has 2 aromatic carbocycles. The Morgan fingerprint density at radius 3 is 2.37 bits per heavy atom. The minimum atomic E-state index is -0.496. The molecule has 2 rings (SSSR count). The molecule has 0 aliphatic rings. The number of rotatable bonds is 7. The normalized spacial score (nSPS) is 10.4. The van der Waals surface area contributed by atoms with Crippen molar-refractivity contribution >= 4 is 23.3 Å². The summed E-state index contributed by atoms with van der Waals surface area (Å²) in [6.45, 7) is 4.93. The van der Waals surface area contributed by atoms with E-state index in [1.54, 1.807) is 45.0 Å². The Morgan fingerprint density at radius 1 is 1.15 bits per heavy atom. The molecule has 142 valence electrons. The summed E-state index contributed by atoms with van der Waals surface area (Å²) < 4.78 is 10.5. The number of nitrogens with zero attached hydrogens (tertiary/aromatic N) is 1. The van der Waals surface area contributed by atoms with E-state index in [1.165, 1.54) is 18.2 Å². The van der Waals surface area contributed by atoms with E-state index in [2.05, 4.69) is 5.32 Å². The van der Waals surface area contributed by atoms with Gasteiger partial charge in [-0.1, -0.05) is 0 Å². The molecule has 0 fully saturated rings. The van der Waals surface area contributed by atoms with Crippen LogP contribution < -0.4 is 10.1 Å². The van der Waals surface area contributed by atoms with Crippen LogP contribution in [0.5, 0.6) is 5.75 Å². The maximum atomic E-state index is 12.0. The second kappa shape index (κ2) is 8.79. The highest BCUT2D eigenvalue weighted by Gasteiger charge is 2.12. The summed E-state index contributed by atoms with van der Waals surface area (Å²) >= 11 is 0. The lowest BCUT2D eigenvalue weighted by Crippen LogP contribution is -2.20. The first kappa shape index (κ1) is 19.9. The summed E-state index contributed by atoms with van der Waals surface area (Å²) in [7, 11) is 0. The summed E-state index contributed by atoms with van der Waals surface area (Å²) in [6, 6.07) is 10.4. The van der Waals surface area contributed by atoms with E-state index < -0.39 is 16.8 Å². The van der Waals surface area contributed by atoms with Crippen molar-refractivity contribution in [3.63, 3.8) is 0 Å². The molecule has 0 atom stereocenters. The molecule has 0 bridgehead atoms. The standard InChI is InChI=1S/C19H20N2O6/c1-12(2)27-19(23)14-4-6-15(7-5-14)20-18(22)11-26-17-9-8-16(21(24)25)10-13(17)3/h4-10,12H,11H2,1-3H3,(H,20,22). The van der Waals surface area contributed by atoms with Crippen LogP contribution in [0, 0.1) is 17.0 Å². The van der Waals surface area contributed by atoms with Gasteiger partial charge in [0, 0.05) is 17.8 Å². The van der Waals surface area contributed by atoms with E-state index in [-0.39, 0.29) is 18.4 Å². The fourth-order valence-electron chi connectivity index (χ4n) is 2.22. The first-order valence-corrected chi connectivity index (χ1v) is 8.25. The second-order valence-electron chi connectivity index (χ2n) is 6.08. The van der Waals surface area contributed by atoms with E-state index in [4.69, 9.17) is 9.47 Å². The van der Waals surface area contributed by atoms with Crippen molar-refractivity contribution in [2.45, 2.75) is 26.9 Å². The molecule has 0 radical (unpaired) electrons. The molecule has 0 unspecified atom stereocenters. The lowest BCUT2D eigenvalue weighted by molar-refractivity contribution is -0.384. The maximum absolute atomic E-state index is 12.0. The van der Waals surface area contributed by atoms with Crippen molar-refractivity contribution in [3.05, 3.63) is 63.7 Å². The van der Waals surface area contributed by atoms with Crippen LogP contribution in [0.15, 0.2) is 42.5 Å². The number of nitro benzene ring substituents is 1. The third-order valence-electron chi connectivity index (χ3n) is 3.48. The van der Waals surface area contributed by atoms with Crippen molar-refractivity contribution in [1.29, 1.82) is 0 Å². The summed E-state index contributed by atoms with van der Waals surface area (Å²) in [5, 5.41) is 13.4. The smallest absolute Gasteiger partial charge is 0.338 e. The lowest BCUT2D eigenvalue weighted by Gasteiger charge is -2.10. The van der Waals surface area contributed by atoms with E-state index >= 15 is 0 Å². The highest BCUT2D eigenvalue weighted by molar-refractivity contribution is 5.93. The number of benzene rings is 2. The van der Waals surface area contributed by atoms with Crippen LogP contribution in [0.4, 0.5) is 11.4 Å².